The summed E-state index contributed by atoms with van der Waals surface area (Å²) in [7, 11) is 1.25. The number of nitrogens with one attached hydrogen (secondary N) is 1. The number of hydroxylamine groups is 1. The van der Waals surface area contributed by atoms with Crippen LogP contribution in [0.25, 0.3) is 0 Å². The Morgan fingerprint density at radius 1 is 1.19 bits per heavy atom. The van der Waals surface area contributed by atoms with E-state index in [1.54, 1.807) is 6.08 Å². The molecular weight excluding hydrogens is 369 g/mol. The molecule has 1 unspecified atom stereocenters. The minimum absolute atomic E-state index is 0.214. The van der Waals surface area contributed by atoms with Crippen molar-refractivity contribution in [3.8, 4) is 11.5 Å². The molecular formula is C17H13F3N2O5. The summed E-state index contributed by atoms with van der Waals surface area (Å²) in [5.74, 6) is -0.380. The van der Waals surface area contributed by atoms with E-state index in [1.165, 1.54) is 49.8 Å². The summed E-state index contributed by atoms with van der Waals surface area (Å²) < 4.78 is 50.5. The lowest BCUT2D eigenvalue weighted by Crippen LogP contribution is -2.17. The SMILES string of the molecule is COC(=O)c1cncc(OC2=CC(c3ccc(OC(F)(F)F)cc3)ON2)c1. The van der Waals surface area contributed by atoms with Crippen LogP contribution in [0.5, 0.6) is 11.5 Å². The van der Waals surface area contributed by atoms with Gasteiger partial charge in [-0.3, -0.25) is 9.82 Å². The molecule has 1 aromatic heterocycles. The zero-order valence-electron chi connectivity index (χ0n) is 13.8. The number of benzene rings is 1. The van der Waals surface area contributed by atoms with Gasteiger partial charge in [-0.25, -0.2) is 10.3 Å². The Morgan fingerprint density at radius 3 is 2.59 bits per heavy atom. The molecule has 1 aromatic carbocycles. The standard InChI is InChI=1S/C17H13F3N2O5/c1-24-16(23)11-6-13(9-21-8-11)25-15-7-14(27-22-15)10-2-4-12(5-3-10)26-17(18,19)20/h2-9,14,22H,1H3. The van der Waals surface area contributed by atoms with Crippen molar-refractivity contribution in [2.45, 2.75) is 12.5 Å². The van der Waals surface area contributed by atoms with Crippen molar-refractivity contribution in [2.24, 2.45) is 0 Å². The average molecular weight is 382 g/mol. The van der Waals surface area contributed by atoms with Gasteiger partial charge in [-0.15, -0.1) is 13.2 Å². The number of carbonyl (C=O) groups is 1. The molecule has 7 nitrogen and oxygen atoms in total. The molecule has 2 aromatic rings. The summed E-state index contributed by atoms with van der Waals surface area (Å²) in [4.78, 5) is 20.7. The van der Waals surface area contributed by atoms with E-state index in [2.05, 4.69) is 19.9 Å². The minimum atomic E-state index is -4.75. The predicted molar refractivity (Wildman–Crippen MR) is 84.4 cm³/mol. The first-order valence-electron chi connectivity index (χ1n) is 7.54. The van der Waals surface area contributed by atoms with Crippen LogP contribution in [0.15, 0.2) is 54.7 Å². The van der Waals surface area contributed by atoms with E-state index in [4.69, 9.17) is 9.57 Å². The molecule has 0 amide bonds. The highest BCUT2D eigenvalue weighted by molar-refractivity contribution is 5.89. The highest BCUT2D eigenvalue weighted by Crippen LogP contribution is 2.29. The number of alkyl halides is 3. The Kier molecular flexibility index (Phi) is 5.17. The third-order valence-electron chi connectivity index (χ3n) is 3.39. The Labute approximate surface area is 151 Å². The van der Waals surface area contributed by atoms with Crippen LogP contribution in [0.4, 0.5) is 13.2 Å². The molecule has 1 aliphatic heterocycles. The van der Waals surface area contributed by atoms with Gasteiger partial charge in [-0.05, 0) is 23.8 Å². The lowest BCUT2D eigenvalue weighted by Gasteiger charge is -2.11. The topological polar surface area (TPSA) is 78.9 Å². The fourth-order valence-electron chi connectivity index (χ4n) is 2.24. The van der Waals surface area contributed by atoms with Crippen LogP contribution >= 0.6 is 0 Å². The average Bonchev–Trinajstić information content (AvgIpc) is 3.09. The van der Waals surface area contributed by atoms with Crippen molar-refractivity contribution in [1.29, 1.82) is 0 Å². The lowest BCUT2D eigenvalue weighted by atomic mass is 10.1. The molecule has 1 atom stereocenters. The summed E-state index contributed by atoms with van der Waals surface area (Å²) >= 11 is 0. The van der Waals surface area contributed by atoms with Gasteiger partial charge in [0.1, 0.15) is 17.6 Å². The van der Waals surface area contributed by atoms with Gasteiger partial charge >= 0.3 is 12.3 Å². The third-order valence-corrected chi connectivity index (χ3v) is 3.39. The first-order valence-corrected chi connectivity index (χ1v) is 7.54. The molecule has 142 valence electrons. The molecule has 0 aliphatic carbocycles. The predicted octanol–water partition coefficient (Wildman–Crippen LogP) is 3.26. The van der Waals surface area contributed by atoms with Crippen LogP contribution in [0, 0.1) is 0 Å². The summed E-state index contributed by atoms with van der Waals surface area (Å²) in [5.41, 5.74) is 3.35. The summed E-state index contributed by atoms with van der Waals surface area (Å²) in [5, 5.41) is 0. The minimum Gasteiger partial charge on any atom is -0.465 e. The Balaban J connectivity index is 1.67. The van der Waals surface area contributed by atoms with Crippen LogP contribution in [0.1, 0.15) is 22.0 Å². The smallest absolute Gasteiger partial charge is 0.465 e. The molecule has 2 heterocycles. The summed E-state index contributed by atoms with van der Waals surface area (Å²) in [6, 6.07) is 6.68. The third kappa shape index (κ3) is 4.88. The second-order valence-corrected chi connectivity index (χ2v) is 5.29. The van der Waals surface area contributed by atoms with E-state index in [-0.39, 0.29) is 22.9 Å². The molecule has 10 heteroatoms. The number of esters is 1. The Morgan fingerprint density at radius 2 is 1.93 bits per heavy atom. The van der Waals surface area contributed by atoms with Crippen molar-refractivity contribution in [3.63, 3.8) is 0 Å². The first-order chi connectivity index (χ1) is 12.8. The van der Waals surface area contributed by atoms with Gasteiger partial charge in [0, 0.05) is 12.3 Å². The quantitative estimate of drug-likeness (QED) is 0.795. The largest absolute Gasteiger partial charge is 0.573 e. The van der Waals surface area contributed by atoms with E-state index in [0.717, 1.165) is 0 Å². The van der Waals surface area contributed by atoms with Crippen molar-refractivity contribution < 1.29 is 37.0 Å². The molecule has 0 fully saturated rings. The zero-order chi connectivity index (χ0) is 19.4. The maximum absolute atomic E-state index is 12.2. The fourth-order valence-corrected chi connectivity index (χ4v) is 2.24. The second-order valence-electron chi connectivity index (χ2n) is 5.29. The van der Waals surface area contributed by atoms with E-state index in [0.29, 0.717) is 5.56 Å². The van der Waals surface area contributed by atoms with Crippen LogP contribution in [0.3, 0.4) is 0 Å². The van der Waals surface area contributed by atoms with E-state index in [9.17, 15) is 18.0 Å². The number of aromatic nitrogens is 1. The maximum atomic E-state index is 12.2. The van der Waals surface area contributed by atoms with Gasteiger partial charge in [0.25, 0.3) is 0 Å². The monoisotopic (exact) mass is 382 g/mol. The highest BCUT2D eigenvalue weighted by Gasteiger charge is 2.31. The molecule has 0 bridgehead atoms. The maximum Gasteiger partial charge on any atom is 0.573 e. The molecule has 0 radical (unpaired) electrons. The van der Waals surface area contributed by atoms with Gasteiger partial charge in [-0.1, -0.05) is 12.1 Å². The molecule has 1 N–H and O–H groups in total. The fraction of sp³-hybridized carbons (Fsp3) is 0.176. The van der Waals surface area contributed by atoms with Gasteiger partial charge in [-0.2, -0.15) is 0 Å². The second kappa shape index (κ2) is 7.54. The van der Waals surface area contributed by atoms with E-state index in [1.807, 2.05) is 0 Å². The van der Waals surface area contributed by atoms with E-state index < -0.39 is 18.4 Å². The Bertz CT molecular complexity index is 852. The van der Waals surface area contributed by atoms with Crippen LogP contribution < -0.4 is 15.0 Å². The number of pyridine rings is 1. The summed E-state index contributed by atoms with van der Waals surface area (Å²) in [6.07, 6.45) is -1.04. The Hall–Kier alpha value is -3.27. The van der Waals surface area contributed by atoms with Gasteiger partial charge in [0.2, 0.25) is 5.88 Å². The number of nitrogens with zero attached hydrogens (tertiary/aromatic N) is 1. The zero-order valence-corrected chi connectivity index (χ0v) is 13.8. The number of halogens is 3. The molecule has 3 rings (SSSR count). The summed E-state index contributed by atoms with van der Waals surface area (Å²) in [6.45, 7) is 0. The lowest BCUT2D eigenvalue weighted by molar-refractivity contribution is -0.274. The number of ether oxygens (including phenoxy) is 3. The number of hydrogen-bond acceptors (Lipinski definition) is 7. The molecule has 27 heavy (non-hydrogen) atoms. The first kappa shape index (κ1) is 18.5. The van der Waals surface area contributed by atoms with Crippen LogP contribution in [0.2, 0.25) is 0 Å². The van der Waals surface area contributed by atoms with Gasteiger partial charge < -0.3 is 14.2 Å². The number of methoxy groups -OCH3 is 1. The number of hydrogen-bond donors (Lipinski definition) is 1. The molecule has 0 spiro atoms. The van der Waals surface area contributed by atoms with Crippen molar-refractivity contribution in [3.05, 3.63) is 65.8 Å². The normalized spacial score (nSPS) is 16.3. The van der Waals surface area contributed by atoms with Crippen LogP contribution in [-0.4, -0.2) is 24.4 Å². The number of rotatable bonds is 5. The van der Waals surface area contributed by atoms with Crippen molar-refractivity contribution in [2.75, 3.05) is 7.11 Å². The van der Waals surface area contributed by atoms with Crippen LogP contribution in [-0.2, 0) is 9.57 Å². The van der Waals surface area contributed by atoms with Crippen molar-refractivity contribution in [1.82, 2.24) is 10.5 Å². The molecule has 0 saturated carbocycles. The molecule has 0 saturated heterocycles. The molecule has 1 aliphatic rings. The number of carbonyl (C=O) groups excluding carboxylic acids is 1. The van der Waals surface area contributed by atoms with E-state index >= 15 is 0 Å². The van der Waals surface area contributed by atoms with Gasteiger partial charge in [0.15, 0.2) is 0 Å². The highest BCUT2D eigenvalue weighted by atomic mass is 19.4. The van der Waals surface area contributed by atoms with Crippen molar-refractivity contribution >= 4 is 5.97 Å². The van der Waals surface area contributed by atoms with Gasteiger partial charge in [0.05, 0.1) is 18.9 Å².